The maximum absolute atomic E-state index is 12.9. The first-order valence-electron chi connectivity index (χ1n) is 7.90. The van der Waals surface area contributed by atoms with Crippen LogP contribution in [0.1, 0.15) is 19.3 Å². The van der Waals surface area contributed by atoms with E-state index in [1.807, 2.05) is 26.6 Å². The molecule has 22 heavy (non-hydrogen) atoms. The monoisotopic (exact) mass is 320 g/mol. The molecule has 3 aliphatic heterocycles. The van der Waals surface area contributed by atoms with Crippen molar-refractivity contribution in [2.75, 3.05) is 37.7 Å². The maximum Gasteiger partial charge on any atom is 0.235 e. The highest BCUT2D eigenvalue weighted by atomic mass is 32.1. The molecule has 0 aliphatic carbocycles. The number of rotatable bonds is 2. The second-order valence-corrected chi connectivity index (χ2v) is 7.32. The van der Waals surface area contributed by atoms with Gasteiger partial charge in [-0.05, 0) is 30.7 Å². The van der Waals surface area contributed by atoms with Crippen molar-refractivity contribution in [3.8, 4) is 0 Å². The zero-order valence-electron chi connectivity index (χ0n) is 12.5. The Morgan fingerprint density at radius 2 is 2.23 bits per heavy atom. The van der Waals surface area contributed by atoms with Crippen LogP contribution < -0.4 is 4.90 Å². The number of hydrogen-bond donors (Lipinski definition) is 0. The fraction of sp³-hybridized carbons (Fsp3) is 0.625. The Morgan fingerprint density at radius 3 is 2.95 bits per heavy atom. The number of ether oxygens (including phenoxy) is 1. The van der Waals surface area contributed by atoms with Gasteiger partial charge in [-0.1, -0.05) is 0 Å². The number of likely N-dealkylation sites (tertiary alicyclic amines) is 1. The lowest BCUT2D eigenvalue weighted by atomic mass is 9.85. The molecule has 3 aliphatic rings. The standard InChI is InChI=1S/C16H20N2O3S/c19-14(12-1-7-21-9-12)17-5-3-16(11-17)4-6-18(15(16)20)13-2-8-22-10-13/h2,8,10,12H,1,3-7,9,11H2. The molecule has 4 rings (SSSR count). The lowest BCUT2D eigenvalue weighted by Crippen LogP contribution is -2.40. The van der Waals surface area contributed by atoms with E-state index in [0.717, 1.165) is 31.5 Å². The summed E-state index contributed by atoms with van der Waals surface area (Å²) >= 11 is 1.61. The average molecular weight is 320 g/mol. The van der Waals surface area contributed by atoms with Gasteiger partial charge < -0.3 is 14.5 Å². The predicted molar refractivity (Wildman–Crippen MR) is 83.8 cm³/mol. The van der Waals surface area contributed by atoms with Crippen LogP contribution in [0, 0.1) is 11.3 Å². The first kappa shape index (κ1) is 14.2. The number of nitrogens with zero attached hydrogens (tertiary/aromatic N) is 2. The van der Waals surface area contributed by atoms with Gasteiger partial charge in [-0.15, -0.1) is 0 Å². The molecule has 2 unspecified atom stereocenters. The summed E-state index contributed by atoms with van der Waals surface area (Å²) in [4.78, 5) is 29.2. The molecule has 0 bridgehead atoms. The molecule has 1 spiro atoms. The molecule has 1 aromatic heterocycles. The van der Waals surface area contributed by atoms with Crippen molar-refractivity contribution in [2.24, 2.45) is 11.3 Å². The Morgan fingerprint density at radius 1 is 1.36 bits per heavy atom. The lowest BCUT2D eigenvalue weighted by Gasteiger charge is -2.24. The normalized spacial score (nSPS) is 31.6. The molecule has 118 valence electrons. The van der Waals surface area contributed by atoms with E-state index < -0.39 is 0 Å². The topological polar surface area (TPSA) is 49.9 Å². The number of amides is 2. The Balaban J connectivity index is 1.47. The van der Waals surface area contributed by atoms with Crippen LogP contribution in [0.4, 0.5) is 5.69 Å². The van der Waals surface area contributed by atoms with Crippen LogP contribution in [0.5, 0.6) is 0 Å². The lowest BCUT2D eigenvalue weighted by molar-refractivity contribution is -0.135. The van der Waals surface area contributed by atoms with Crippen LogP contribution in [0.25, 0.3) is 0 Å². The second kappa shape index (κ2) is 5.35. The molecule has 2 atom stereocenters. The summed E-state index contributed by atoms with van der Waals surface area (Å²) in [5, 5.41) is 4.02. The van der Waals surface area contributed by atoms with Crippen LogP contribution in [0.2, 0.25) is 0 Å². The highest BCUT2D eigenvalue weighted by Gasteiger charge is 2.52. The van der Waals surface area contributed by atoms with Crippen LogP contribution in [-0.4, -0.2) is 49.6 Å². The molecule has 4 heterocycles. The van der Waals surface area contributed by atoms with Gasteiger partial charge in [0.15, 0.2) is 0 Å². The van der Waals surface area contributed by atoms with Gasteiger partial charge in [-0.2, -0.15) is 11.3 Å². The molecule has 3 saturated heterocycles. The van der Waals surface area contributed by atoms with Crippen LogP contribution in [0.3, 0.4) is 0 Å². The van der Waals surface area contributed by atoms with Gasteiger partial charge in [0.1, 0.15) is 0 Å². The summed E-state index contributed by atoms with van der Waals surface area (Å²) in [5.74, 6) is 0.375. The van der Waals surface area contributed by atoms with E-state index in [9.17, 15) is 9.59 Å². The Hall–Kier alpha value is -1.40. The third kappa shape index (κ3) is 2.16. The summed E-state index contributed by atoms with van der Waals surface area (Å²) in [7, 11) is 0. The van der Waals surface area contributed by atoms with Crippen LogP contribution >= 0.6 is 11.3 Å². The summed E-state index contributed by atoms with van der Waals surface area (Å²) in [6.45, 7) is 3.28. The van der Waals surface area contributed by atoms with E-state index in [1.54, 1.807) is 11.3 Å². The van der Waals surface area contributed by atoms with Gasteiger partial charge >= 0.3 is 0 Å². The molecule has 0 saturated carbocycles. The van der Waals surface area contributed by atoms with E-state index in [-0.39, 0.29) is 23.1 Å². The molecule has 5 nitrogen and oxygen atoms in total. The molecule has 0 aromatic carbocycles. The molecule has 2 amide bonds. The van der Waals surface area contributed by atoms with E-state index in [1.165, 1.54) is 0 Å². The van der Waals surface area contributed by atoms with Gasteiger partial charge in [-0.3, -0.25) is 9.59 Å². The van der Waals surface area contributed by atoms with E-state index in [0.29, 0.717) is 26.3 Å². The molecular weight excluding hydrogens is 300 g/mol. The number of carbonyl (C=O) groups excluding carboxylic acids is 2. The predicted octanol–water partition coefficient (Wildman–Crippen LogP) is 1.74. The first-order chi connectivity index (χ1) is 10.7. The molecule has 0 N–H and O–H groups in total. The fourth-order valence-corrected chi connectivity index (χ4v) is 4.55. The van der Waals surface area contributed by atoms with Crippen molar-refractivity contribution in [3.05, 3.63) is 16.8 Å². The van der Waals surface area contributed by atoms with Gasteiger partial charge in [0, 0.05) is 31.6 Å². The van der Waals surface area contributed by atoms with E-state index >= 15 is 0 Å². The Kier molecular flexibility index (Phi) is 3.46. The van der Waals surface area contributed by atoms with Gasteiger partial charge in [0.05, 0.1) is 23.6 Å². The minimum Gasteiger partial charge on any atom is -0.381 e. The van der Waals surface area contributed by atoms with Gasteiger partial charge in [0.25, 0.3) is 0 Å². The molecule has 3 fully saturated rings. The number of carbonyl (C=O) groups is 2. The Labute approximate surface area is 133 Å². The Bertz CT molecular complexity index is 582. The average Bonchev–Trinajstić information content (AvgIpc) is 3.28. The quantitative estimate of drug-likeness (QED) is 0.834. The number of anilines is 1. The smallest absolute Gasteiger partial charge is 0.235 e. The summed E-state index contributed by atoms with van der Waals surface area (Å²) < 4.78 is 5.32. The van der Waals surface area contributed by atoms with Crippen molar-refractivity contribution >= 4 is 28.8 Å². The molecule has 6 heteroatoms. The highest BCUT2D eigenvalue weighted by molar-refractivity contribution is 7.08. The molecule has 1 aromatic rings. The fourth-order valence-electron chi connectivity index (χ4n) is 3.90. The minimum atomic E-state index is -0.350. The largest absolute Gasteiger partial charge is 0.381 e. The zero-order valence-corrected chi connectivity index (χ0v) is 13.3. The summed E-state index contributed by atoms with van der Waals surface area (Å²) in [6, 6.07) is 2.00. The van der Waals surface area contributed by atoms with Crippen LogP contribution in [-0.2, 0) is 14.3 Å². The third-order valence-electron chi connectivity index (χ3n) is 5.28. The van der Waals surface area contributed by atoms with Gasteiger partial charge in [0.2, 0.25) is 11.8 Å². The number of hydrogen-bond acceptors (Lipinski definition) is 4. The van der Waals surface area contributed by atoms with Crippen molar-refractivity contribution in [1.82, 2.24) is 4.90 Å². The van der Waals surface area contributed by atoms with Crippen molar-refractivity contribution < 1.29 is 14.3 Å². The van der Waals surface area contributed by atoms with Crippen molar-refractivity contribution in [2.45, 2.75) is 19.3 Å². The van der Waals surface area contributed by atoms with Crippen molar-refractivity contribution in [1.29, 1.82) is 0 Å². The SMILES string of the molecule is O=C(C1CCOC1)N1CCC2(CCN(c3ccsc3)C2=O)C1. The van der Waals surface area contributed by atoms with Crippen LogP contribution in [0.15, 0.2) is 16.8 Å². The first-order valence-corrected chi connectivity index (χ1v) is 8.85. The maximum atomic E-state index is 12.9. The second-order valence-electron chi connectivity index (χ2n) is 6.54. The highest BCUT2D eigenvalue weighted by Crippen LogP contribution is 2.43. The van der Waals surface area contributed by atoms with E-state index in [4.69, 9.17) is 4.74 Å². The zero-order chi connectivity index (χ0) is 15.2. The van der Waals surface area contributed by atoms with Gasteiger partial charge in [-0.25, -0.2) is 0 Å². The molecule has 0 radical (unpaired) electrons. The number of thiophene rings is 1. The molecular formula is C16H20N2O3S. The summed E-state index contributed by atoms with van der Waals surface area (Å²) in [5.41, 5.74) is 0.651. The summed E-state index contributed by atoms with van der Waals surface area (Å²) in [6.07, 6.45) is 2.47. The van der Waals surface area contributed by atoms with E-state index in [2.05, 4.69) is 0 Å². The third-order valence-corrected chi connectivity index (χ3v) is 5.95. The minimum absolute atomic E-state index is 0.000341. The van der Waals surface area contributed by atoms with Crippen molar-refractivity contribution in [3.63, 3.8) is 0 Å².